The van der Waals surface area contributed by atoms with Gasteiger partial charge in [0.05, 0.1) is 11.6 Å². The lowest BCUT2D eigenvalue weighted by Crippen LogP contribution is -2.28. The van der Waals surface area contributed by atoms with Crippen LogP contribution in [0.25, 0.3) is 16.2 Å². The third-order valence-corrected chi connectivity index (χ3v) is 4.81. The summed E-state index contributed by atoms with van der Waals surface area (Å²) in [5, 5.41) is 12.2. The molecule has 9 heteroatoms. The molecule has 7 nitrogen and oxygen atoms in total. The lowest BCUT2D eigenvalue weighted by molar-refractivity contribution is 0.467. The fourth-order valence-corrected chi connectivity index (χ4v) is 3.50. The van der Waals surface area contributed by atoms with Gasteiger partial charge in [0.25, 0.3) is 0 Å². The number of rotatable bonds is 2. The van der Waals surface area contributed by atoms with Crippen molar-refractivity contribution < 1.29 is 9.50 Å². The molecule has 1 fully saturated rings. The Bertz CT molecular complexity index is 972. The summed E-state index contributed by atoms with van der Waals surface area (Å²) >= 11 is 1.32. The van der Waals surface area contributed by atoms with E-state index in [4.69, 9.17) is 5.73 Å². The predicted octanol–water partition coefficient (Wildman–Crippen LogP) is 1.22. The summed E-state index contributed by atoms with van der Waals surface area (Å²) in [6.07, 6.45) is 3.62. The van der Waals surface area contributed by atoms with E-state index in [1.54, 1.807) is 16.5 Å². The maximum atomic E-state index is 14.5. The molecule has 4 heterocycles. The van der Waals surface area contributed by atoms with Gasteiger partial charge in [-0.05, 0) is 12.5 Å². The van der Waals surface area contributed by atoms with Crippen LogP contribution in [0.15, 0.2) is 28.6 Å². The van der Waals surface area contributed by atoms with E-state index in [2.05, 4.69) is 9.97 Å². The van der Waals surface area contributed by atoms with Crippen LogP contribution in [-0.4, -0.2) is 38.8 Å². The number of thiazole rings is 1. The number of aromatic hydroxyl groups is 1. The van der Waals surface area contributed by atoms with Gasteiger partial charge < -0.3 is 15.7 Å². The van der Waals surface area contributed by atoms with E-state index in [-0.39, 0.29) is 22.9 Å². The second-order valence-electron chi connectivity index (χ2n) is 5.69. The van der Waals surface area contributed by atoms with Gasteiger partial charge >= 0.3 is 0 Å². The molecule has 3 aromatic rings. The zero-order valence-electron chi connectivity index (χ0n) is 12.5. The Morgan fingerprint density at radius 3 is 2.96 bits per heavy atom. The molecule has 124 valence electrons. The number of hydrogen-bond donors (Lipinski definition) is 2. The predicted molar refractivity (Wildman–Crippen MR) is 89.4 cm³/mol. The molecule has 3 aromatic heterocycles. The Balaban J connectivity index is 1.99. The molecule has 0 aliphatic carbocycles. The molecule has 3 N–H and O–H groups in total. The number of hydrogen-bond acceptors (Lipinski definition) is 7. The Labute approximate surface area is 139 Å². The summed E-state index contributed by atoms with van der Waals surface area (Å²) in [7, 11) is 0. The fraction of sp³-hybridized carbons (Fsp3) is 0.267. The van der Waals surface area contributed by atoms with Gasteiger partial charge in [-0.3, -0.25) is 9.36 Å². The maximum Gasteiger partial charge on any atom is 0.232 e. The van der Waals surface area contributed by atoms with Crippen molar-refractivity contribution in [3.63, 3.8) is 0 Å². The monoisotopic (exact) mass is 347 g/mol. The summed E-state index contributed by atoms with van der Waals surface area (Å²) in [4.78, 5) is 22.5. The van der Waals surface area contributed by atoms with E-state index >= 15 is 0 Å². The minimum absolute atomic E-state index is 0.00921. The molecule has 1 aliphatic rings. The number of nitrogens with zero attached hydrogens (tertiary/aromatic N) is 4. The van der Waals surface area contributed by atoms with Crippen LogP contribution in [0.1, 0.15) is 6.42 Å². The second-order valence-corrected chi connectivity index (χ2v) is 6.56. The van der Waals surface area contributed by atoms with Crippen molar-refractivity contribution in [2.45, 2.75) is 12.5 Å². The molecule has 24 heavy (non-hydrogen) atoms. The molecule has 1 aliphatic heterocycles. The molecule has 0 spiro atoms. The van der Waals surface area contributed by atoms with Crippen LogP contribution in [0.5, 0.6) is 5.75 Å². The van der Waals surface area contributed by atoms with Gasteiger partial charge in [-0.2, -0.15) is 0 Å². The van der Waals surface area contributed by atoms with E-state index in [0.29, 0.717) is 18.2 Å². The Hall–Kier alpha value is -2.52. The van der Waals surface area contributed by atoms with Crippen molar-refractivity contribution in [1.82, 2.24) is 14.5 Å². The zero-order valence-corrected chi connectivity index (χ0v) is 13.3. The van der Waals surface area contributed by atoms with Crippen LogP contribution < -0.4 is 16.1 Å². The van der Waals surface area contributed by atoms with Gasteiger partial charge in [0.15, 0.2) is 28.2 Å². The van der Waals surface area contributed by atoms with E-state index in [9.17, 15) is 14.3 Å². The Morgan fingerprint density at radius 1 is 1.46 bits per heavy atom. The number of pyridine rings is 2. The van der Waals surface area contributed by atoms with Crippen molar-refractivity contribution in [1.29, 1.82) is 0 Å². The molecular weight excluding hydrogens is 333 g/mol. The molecule has 1 saturated heterocycles. The highest BCUT2D eigenvalue weighted by Gasteiger charge is 2.25. The van der Waals surface area contributed by atoms with Gasteiger partial charge in [0.2, 0.25) is 5.43 Å². The minimum atomic E-state index is -0.658. The number of anilines is 1. The molecule has 4 rings (SSSR count). The first-order valence-electron chi connectivity index (χ1n) is 7.40. The SMILES string of the molecule is NC1CCN(c2nc3c(cc2F)c(=O)c(O)cn3-c2nccs2)C1. The average Bonchev–Trinajstić information content (AvgIpc) is 3.22. The third-order valence-electron chi connectivity index (χ3n) is 4.04. The smallest absolute Gasteiger partial charge is 0.232 e. The van der Waals surface area contributed by atoms with E-state index < -0.39 is 17.0 Å². The number of halogens is 1. The minimum Gasteiger partial charge on any atom is -0.503 e. The molecular formula is C15H14FN5O2S. The number of nitrogens with two attached hydrogens (primary N) is 1. The van der Waals surface area contributed by atoms with E-state index in [0.717, 1.165) is 12.5 Å². The normalized spacial score (nSPS) is 17.8. The average molecular weight is 347 g/mol. The highest BCUT2D eigenvalue weighted by molar-refractivity contribution is 7.12. The summed E-state index contributed by atoms with van der Waals surface area (Å²) < 4.78 is 16.0. The zero-order chi connectivity index (χ0) is 16.8. The molecule has 0 bridgehead atoms. The van der Waals surface area contributed by atoms with Crippen LogP contribution >= 0.6 is 11.3 Å². The van der Waals surface area contributed by atoms with Crippen molar-refractivity contribution in [2.24, 2.45) is 5.73 Å². The standard InChI is InChI=1S/C15H14FN5O2S/c16-10-5-9-12(23)11(22)7-21(15-18-2-4-24-15)13(9)19-14(10)20-3-1-8(17)6-20/h2,4-5,7-8,22H,1,3,6,17H2. The van der Waals surface area contributed by atoms with Gasteiger partial charge in [-0.25, -0.2) is 14.4 Å². The molecule has 0 aromatic carbocycles. The first kappa shape index (κ1) is 15.0. The summed E-state index contributed by atoms with van der Waals surface area (Å²) in [5.74, 6) is -0.925. The lowest BCUT2D eigenvalue weighted by Gasteiger charge is -2.19. The van der Waals surface area contributed by atoms with Crippen molar-refractivity contribution in [3.8, 4) is 10.9 Å². The first-order chi connectivity index (χ1) is 11.5. The summed E-state index contributed by atoms with van der Waals surface area (Å²) in [6, 6.07) is 1.09. The van der Waals surface area contributed by atoms with Gasteiger partial charge in [0.1, 0.15) is 0 Å². The molecule has 0 amide bonds. The van der Waals surface area contributed by atoms with E-state index in [1.165, 1.54) is 22.1 Å². The van der Waals surface area contributed by atoms with Crippen molar-refractivity contribution >= 4 is 28.2 Å². The highest BCUT2D eigenvalue weighted by atomic mass is 32.1. The summed E-state index contributed by atoms with van der Waals surface area (Å²) in [5.41, 5.74) is 5.48. The largest absolute Gasteiger partial charge is 0.503 e. The van der Waals surface area contributed by atoms with Crippen LogP contribution in [-0.2, 0) is 0 Å². The summed E-state index contributed by atoms with van der Waals surface area (Å²) in [6.45, 7) is 1.12. The van der Waals surface area contributed by atoms with Crippen molar-refractivity contribution in [2.75, 3.05) is 18.0 Å². The lowest BCUT2D eigenvalue weighted by atomic mass is 10.2. The van der Waals surface area contributed by atoms with Crippen LogP contribution in [0.4, 0.5) is 10.2 Å². The Morgan fingerprint density at radius 2 is 2.29 bits per heavy atom. The van der Waals surface area contributed by atoms with E-state index in [1.807, 2.05) is 0 Å². The number of fused-ring (bicyclic) bond motifs is 1. The van der Waals surface area contributed by atoms with Crippen LogP contribution in [0, 0.1) is 5.82 Å². The molecule has 0 radical (unpaired) electrons. The molecule has 1 atom stereocenters. The number of aromatic nitrogens is 3. The van der Waals surface area contributed by atoms with Gasteiger partial charge in [0, 0.05) is 30.7 Å². The highest BCUT2D eigenvalue weighted by Crippen LogP contribution is 2.27. The second kappa shape index (κ2) is 5.53. The van der Waals surface area contributed by atoms with Gasteiger partial charge in [-0.15, -0.1) is 11.3 Å². The topological polar surface area (TPSA) is 97.3 Å². The molecule has 0 saturated carbocycles. The first-order valence-corrected chi connectivity index (χ1v) is 8.28. The van der Waals surface area contributed by atoms with Crippen LogP contribution in [0.2, 0.25) is 0 Å². The fourth-order valence-electron chi connectivity index (χ4n) is 2.88. The van der Waals surface area contributed by atoms with Gasteiger partial charge in [-0.1, -0.05) is 0 Å². The Kier molecular flexibility index (Phi) is 3.47. The quantitative estimate of drug-likeness (QED) is 0.723. The van der Waals surface area contributed by atoms with Crippen molar-refractivity contribution in [3.05, 3.63) is 39.9 Å². The molecule has 1 unspecified atom stereocenters. The third kappa shape index (κ3) is 2.33. The van der Waals surface area contributed by atoms with Crippen LogP contribution in [0.3, 0.4) is 0 Å². The maximum absolute atomic E-state index is 14.5.